The van der Waals surface area contributed by atoms with E-state index in [-0.39, 0.29) is 11.1 Å². The molecule has 0 aliphatic carbocycles. The molecule has 0 bridgehead atoms. The lowest BCUT2D eigenvalue weighted by atomic mass is 10.1. The predicted octanol–water partition coefficient (Wildman–Crippen LogP) is 2.40. The van der Waals surface area contributed by atoms with Crippen LogP contribution in [-0.4, -0.2) is 25.8 Å². The van der Waals surface area contributed by atoms with E-state index in [1.165, 1.54) is 0 Å². The zero-order valence-electron chi connectivity index (χ0n) is 10.6. The highest BCUT2D eigenvalue weighted by Crippen LogP contribution is 2.18. The standard InChI is InChI=1S/C13H15N3O2/c1-13(2,3)16-8-14-11(15-16)9-4-6-10(7-5-9)12(17)18/h4-8H,1-3H3,(H,17,18). The third-order valence-corrected chi connectivity index (χ3v) is 2.57. The highest BCUT2D eigenvalue weighted by atomic mass is 16.4. The van der Waals surface area contributed by atoms with Crippen LogP contribution in [0.1, 0.15) is 31.1 Å². The van der Waals surface area contributed by atoms with Crippen molar-refractivity contribution in [3.63, 3.8) is 0 Å². The van der Waals surface area contributed by atoms with Crippen LogP contribution in [0.4, 0.5) is 0 Å². The van der Waals surface area contributed by atoms with Gasteiger partial charge >= 0.3 is 5.97 Å². The molecular weight excluding hydrogens is 230 g/mol. The number of carboxylic acid groups (broad SMARTS) is 1. The lowest BCUT2D eigenvalue weighted by Gasteiger charge is -2.17. The van der Waals surface area contributed by atoms with E-state index in [1.807, 2.05) is 20.8 Å². The van der Waals surface area contributed by atoms with Gasteiger partial charge in [-0.2, -0.15) is 5.10 Å². The van der Waals surface area contributed by atoms with E-state index < -0.39 is 5.97 Å². The molecule has 0 saturated heterocycles. The number of carbonyl (C=O) groups is 1. The van der Waals surface area contributed by atoms with Gasteiger partial charge in [0.15, 0.2) is 5.82 Å². The third-order valence-electron chi connectivity index (χ3n) is 2.57. The molecule has 0 radical (unpaired) electrons. The largest absolute Gasteiger partial charge is 0.478 e. The Morgan fingerprint density at radius 1 is 1.22 bits per heavy atom. The molecule has 2 aromatic rings. The number of benzene rings is 1. The van der Waals surface area contributed by atoms with Crippen LogP contribution < -0.4 is 0 Å². The average Bonchev–Trinajstić information content (AvgIpc) is 2.78. The summed E-state index contributed by atoms with van der Waals surface area (Å²) in [5, 5.41) is 13.2. The van der Waals surface area contributed by atoms with E-state index >= 15 is 0 Å². The second-order valence-corrected chi connectivity index (χ2v) is 5.07. The van der Waals surface area contributed by atoms with Crippen molar-refractivity contribution in [2.24, 2.45) is 0 Å². The molecule has 0 aliphatic heterocycles. The first-order valence-corrected chi connectivity index (χ1v) is 5.64. The summed E-state index contributed by atoms with van der Waals surface area (Å²) < 4.78 is 1.79. The molecule has 5 nitrogen and oxygen atoms in total. The molecular formula is C13H15N3O2. The summed E-state index contributed by atoms with van der Waals surface area (Å²) >= 11 is 0. The van der Waals surface area contributed by atoms with Gasteiger partial charge in [-0.1, -0.05) is 12.1 Å². The van der Waals surface area contributed by atoms with E-state index in [2.05, 4.69) is 10.1 Å². The zero-order chi connectivity index (χ0) is 13.3. The molecule has 0 amide bonds. The molecule has 0 unspecified atom stereocenters. The molecule has 0 aliphatic rings. The molecule has 18 heavy (non-hydrogen) atoms. The average molecular weight is 245 g/mol. The van der Waals surface area contributed by atoms with Crippen molar-refractivity contribution in [1.29, 1.82) is 0 Å². The van der Waals surface area contributed by atoms with Gasteiger partial charge in [-0.25, -0.2) is 14.5 Å². The van der Waals surface area contributed by atoms with Gasteiger partial charge in [-0.05, 0) is 32.9 Å². The Morgan fingerprint density at radius 2 is 1.83 bits per heavy atom. The van der Waals surface area contributed by atoms with Crippen LogP contribution in [0.3, 0.4) is 0 Å². The van der Waals surface area contributed by atoms with Crippen LogP contribution in [0.15, 0.2) is 30.6 Å². The highest BCUT2D eigenvalue weighted by molar-refractivity contribution is 5.88. The quantitative estimate of drug-likeness (QED) is 0.882. The summed E-state index contributed by atoms with van der Waals surface area (Å²) in [5.74, 6) is -0.336. The summed E-state index contributed by atoms with van der Waals surface area (Å²) in [6.45, 7) is 6.12. The molecule has 5 heteroatoms. The summed E-state index contributed by atoms with van der Waals surface area (Å²) in [6.07, 6.45) is 1.68. The van der Waals surface area contributed by atoms with Crippen molar-refractivity contribution >= 4 is 5.97 Å². The predicted molar refractivity (Wildman–Crippen MR) is 67.4 cm³/mol. The summed E-state index contributed by atoms with van der Waals surface area (Å²) in [6, 6.07) is 6.53. The fourth-order valence-corrected chi connectivity index (χ4v) is 1.48. The zero-order valence-corrected chi connectivity index (χ0v) is 10.6. The Kier molecular flexibility index (Phi) is 2.90. The lowest BCUT2D eigenvalue weighted by Crippen LogP contribution is -2.22. The van der Waals surface area contributed by atoms with Gasteiger partial charge < -0.3 is 5.11 Å². The Morgan fingerprint density at radius 3 is 2.28 bits per heavy atom. The normalized spacial score (nSPS) is 11.5. The Hall–Kier alpha value is -2.17. The maximum absolute atomic E-state index is 10.7. The van der Waals surface area contributed by atoms with E-state index in [0.717, 1.165) is 5.56 Å². The monoisotopic (exact) mass is 245 g/mol. The smallest absolute Gasteiger partial charge is 0.335 e. The molecule has 1 aromatic carbocycles. The highest BCUT2D eigenvalue weighted by Gasteiger charge is 2.15. The molecule has 1 aromatic heterocycles. The fraction of sp³-hybridized carbons (Fsp3) is 0.308. The van der Waals surface area contributed by atoms with Gasteiger partial charge in [0.1, 0.15) is 6.33 Å². The number of hydrogen-bond acceptors (Lipinski definition) is 3. The van der Waals surface area contributed by atoms with Crippen LogP contribution >= 0.6 is 0 Å². The number of hydrogen-bond donors (Lipinski definition) is 1. The first-order valence-electron chi connectivity index (χ1n) is 5.64. The van der Waals surface area contributed by atoms with Crippen LogP contribution in [-0.2, 0) is 5.54 Å². The van der Waals surface area contributed by atoms with E-state index in [1.54, 1.807) is 35.3 Å². The van der Waals surface area contributed by atoms with Crippen molar-refractivity contribution in [1.82, 2.24) is 14.8 Å². The molecule has 0 spiro atoms. The maximum atomic E-state index is 10.7. The molecule has 0 saturated carbocycles. The van der Waals surface area contributed by atoms with Crippen molar-refractivity contribution < 1.29 is 9.90 Å². The van der Waals surface area contributed by atoms with Gasteiger partial charge in [0.05, 0.1) is 11.1 Å². The van der Waals surface area contributed by atoms with Crippen molar-refractivity contribution in [3.8, 4) is 11.4 Å². The van der Waals surface area contributed by atoms with Gasteiger partial charge in [0, 0.05) is 5.56 Å². The van der Waals surface area contributed by atoms with Gasteiger partial charge in [-0.3, -0.25) is 0 Å². The lowest BCUT2D eigenvalue weighted by molar-refractivity contribution is 0.0697. The Bertz CT molecular complexity index is 565. The Labute approximate surface area is 105 Å². The minimum Gasteiger partial charge on any atom is -0.478 e. The Balaban J connectivity index is 2.32. The minimum absolute atomic E-state index is 0.119. The van der Waals surface area contributed by atoms with Crippen LogP contribution in [0.5, 0.6) is 0 Å². The van der Waals surface area contributed by atoms with Crippen molar-refractivity contribution in [3.05, 3.63) is 36.2 Å². The number of rotatable bonds is 2. The van der Waals surface area contributed by atoms with Gasteiger partial charge in [-0.15, -0.1) is 0 Å². The first kappa shape index (κ1) is 12.3. The van der Waals surface area contributed by atoms with Gasteiger partial charge in [0.25, 0.3) is 0 Å². The van der Waals surface area contributed by atoms with E-state index in [0.29, 0.717) is 5.82 Å². The first-order chi connectivity index (χ1) is 8.38. The fourth-order valence-electron chi connectivity index (χ4n) is 1.48. The van der Waals surface area contributed by atoms with E-state index in [9.17, 15) is 4.79 Å². The molecule has 1 heterocycles. The third kappa shape index (κ3) is 2.40. The van der Waals surface area contributed by atoms with Crippen LogP contribution in [0, 0.1) is 0 Å². The van der Waals surface area contributed by atoms with Gasteiger partial charge in [0.2, 0.25) is 0 Å². The summed E-state index contributed by atoms with van der Waals surface area (Å²) in [4.78, 5) is 15.0. The molecule has 1 N–H and O–H groups in total. The van der Waals surface area contributed by atoms with Crippen LogP contribution in [0.25, 0.3) is 11.4 Å². The van der Waals surface area contributed by atoms with E-state index in [4.69, 9.17) is 5.11 Å². The number of aromatic carboxylic acids is 1. The number of carboxylic acids is 1. The van der Waals surface area contributed by atoms with Crippen molar-refractivity contribution in [2.45, 2.75) is 26.3 Å². The second kappa shape index (κ2) is 4.25. The summed E-state index contributed by atoms with van der Waals surface area (Å²) in [5.41, 5.74) is 0.948. The molecule has 0 atom stereocenters. The molecule has 0 fully saturated rings. The number of aromatic nitrogens is 3. The molecule has 2 rings (SSSR count). The van der Waals surface area contributed by atoms with Crippen LogP contribution in [0.2, 0.25) is 0 Å². The second-order valence-electron chi connectivity index (χ2n) is 5.07. The molecule has 94 valence electrons. The topological polar surface area (TPSA) is 68.0 Å². The number of nitrogens with zero attached hydrogens (tertiary/aromatic N) is 3. The minimum atomic E-state index is -0.935. The maximum Gasteiger partial charge on any atom is 0.335 e. The summed E-state index contributed by atoms with van der Waals surface area (Å²) in [7, 11) is 0. The SMILES string of the molecule is CC(C)(C)n1cnc(-c2ccc(C(=O)O)cc2)n1. The van der Waals surface area contributed by atoms with Crippen molar-refractivity contribution in [2.75, 3.05) is 0 Å².